The maximum Gasteiger partial charge on any atom is 0.326 e. The molecule has 1 aliphatic heterocycles. The molecule has 4 atom stereocenters. The Balaban J connectivity index is 1.97. The average Bonchev–Trinajstić information content (AvgIpc) is 2.85. The smallest absolute Gasteiger partial charge is 0.326 e. The lowest BCUT2D eigenvalue weighted by Gasteiger charge is -2.23. The minimum atomic E-state index is -0.959. The lowest BCUT2D eigenvalue weighted by atomic mass is 9.93. The first-order valence-corrected chi connectivity index (χ1v) is 6.77. The Hall–Kier alpha value is -1.10. The van der Waals surface area contributed by atoms with Crippen LogP contribution < -0.4 is 10.6 Å². The molecule has 0 aromatic rings. The van der Waals surface area contributed by atoms with Crippen LogP contribution in [-0.4, -0.2) is 35.6 Å². The zero-order chi connectivity index (χ0) is 13.3. The van der Waals surface area contributed by atoms with E-state index in [1.54, 1.807) is 13.8 Å². The van der Waals surface area contributed by atoms with Crippen LogP contribution in [0.25, 0.3) is 0 Å². The van der Waals surface area contributed by atoms with Gasteiger partial charge in [0.15, 0.2) is 0 Å². The number of nitrogens with one attached hydrogen (secondary N) is 2. The molecule has 2 aliphatic rings. The molecule has 0 bridgehead atoms. The third kappa shape index (κ3) is 2.51. The molecule has 0 aromatic heterocycles. The quantitative estimate of drug-likeness (QED) is 0.686. The molecule has 1 aliphatic carbocycles. The van der Waals surface area contributed by atoms with E-state index in [1.165, 1.54) is 12.8 Å². The molecule has 1 saturated heterocycles. The molecule has 0 aromatic carbocycles. The first-order valence-electron chi connectivity index (χ1n) is 6.77. The van der Waals surface area contributed by atoms with Crippen molar-refractivity contribution < 1.29 is 14.7 Å². The van der Waals surface area contributed by atoms with Crippen molar-refractivity contribution in [1.82, 2.24) is 10.6 Å². The summed E-state index contributed by atoms with van der Waals surface area (Å²) in [5.74, 6) is -0.216. The van der Waals surface area contributed by atoms with Crippen molar-refractivity contribution in [3.8, 4) is 0 Å². The van der Waals surface area contributed by atoms with Gasteiger partial charge in [0.2, 0.25) is 5.91 Å². The van der Waals surface area contributed by atoms with Crippen molar-refractivity contribution in [2.45, 2.75) is 45.2 Å². The predicted octanol–water partition coefficient (Wildman–Crippen LogP) is 0.600. The van der Waals surface area contributed by atoms with Crippen molar-refractivity contribution in [3.63, 3.8) is 0 Å². The summed E-state index contributed by atoms with van der Waals surface area (Å²) in [5.41, 5.74) is 0. The third-order valence-electron chi connectivity index (χ3n) is 4.26. The molecule has 1 amide bonds. The fourth-order valence-corrected chi connectivity index (χ4v) is 3.23. The number of carbonyl (C=O) groups is 2. The molecule has 0 spiro atoms. The van der Waals surface area contributed by atoms with Gasteiger partial charge >= 0.3 is 5.97 Å². The number of carboxylic acid groups (broad SMARTS) is 1. The zero-order valence-corrected chi connectivity index (χ0v) is 11.0. The van der Waals surface area contributed by atoms with Crippen molar-refractivity contribution in [2.75, 3.05) is 6.54 Å². The summed E-state index contributed by atoms with van der Waals surface area (Å²) in [6.07, 6.45) is 3.45. The normalized spacial score (nSPS) is 32.3. The van der Waals surface area contributed by atoms with E-state index in [9.17, 15) is 9.59 Å². The highest BCUT2D eigenvalue weighted by atomic mass is 16.4. The molecular formula is C13H22N2O3. The SMILES string of the molecule is CC(C)[C@@H](NC(=O)C1NCC2CCCC21)C(=O)O. The summed E-state index contributed by atoms with van der Waals surface area (Å²) in [7, 11) is 0. The van der Waals surface area contributed by atoms with Crippen LogP contribution in [-0.2, 0) is 9.59 Å². The van der Waals surface area contributed by atoms with Gasteiger partial charge < -0.3 is 15.7 Å². The lowest BCUT2D eigenvalue weighted by molar-refractivity contribution is -0.143. The maximum atomic E-state index is 12.2. The van der Waals surface area contributed by atoms with Gasteiger partial charge in [0.1, 0.15) is 6.04 Å². The predicted molar refractivity (Wildman–Crippen MR) is 67.0 cm³/mol. The van der Waals surface area contributed by atoms with Crippen LogP contribution in [0.1, 0.15) is 33.1 Å². The Morgan fingerprint density at radius 2 is 2.06 bits per heavy atom. The second-order valence-electron chi connectivity index (χ2n) is 5.81. The minimum Gasteiger partial charge on any atom is -0.480 e. The molecule has 5 heteroatoms. The number of fused-ring (bicyclic) bond motifs is 1. The van der Waals surface area contributed by atoms with Crippen molar-refractivity contribution in [1.29, 1.82) is 0 Å². The van der Waals surface area contributed by atoms with Gasteiger partial charge in [-0.25, -0.2) is 4.79 Å². The summed E-state index contributed by atoms with van der Waals surface area (Å²) < 4.78 is 0. The highest BCUT2D eigenvalue weighted by Gasteiger charge is 2.43. The van der Waals surface area contributed by atoms with E-state index in [-0.39, 0.29) is 17.9 Å². The summed E-state index contributed by atoms with van der Waals surface area (Å²) in [6, 6.07) is -0.988. The van der Waals surface area contributed by atoms with Gasteiger partial charge in [-0.2, -0.15) is 0 Å². The van der Waals surface area contributed by atoms with Crippen LogP contribution in [0, 0.1) is 17.8 Å². The molecule has 1 heterocycles. The van der Waals surface area contributed by atoms with Crippen LogP contribution in [0.5, 0.6) is 0 Å². The van der Waals surface area contributed by atoms with Gasteiger partial charge in [-0.3, -0.25) is 4.79 Å². The van der Waals surface area contributed by atoms with Gasteiger partial charge in [0, 0.05) is 0 Å². The van der Waals surface area contributed by atoms with Gasteiger partial charge in [0.25, 0.3) is 0 Å². The maximum absolute atomic E-state index is 12.2. The fourth-order valence-electron chi connectivity index (χ4n) is 3.23. The Morgan fingerprint density at radius 3 is 2.67 bits per heavy atom. The lowest BCUT2D eigenvalue weighted by Crippen LogP contribution is -2.52. The monoisotopic (exact) mass is 254 g/mol. The number of aliphatic carboxylic acids is 1. The zero-order valence-electron chi connectivity index (χ0n) is 11.0. The van der Waals surface area contributed by atoms with E-state index in [4.69, 9.17) is 5.11 Å². The summed E-state index contributed by atoms with van der Waals surface area (Å²) in [6.45, 7) is 4.50. The second-order valence-corrected chi connectivity index (χ2v) is 5.81. The number of amides is 1. The second kappa shape index (κ2) is 5.26. The Labute approximate surface area is 107 Å². The first kappa shape index (κ1) is 13.3. The third-order valence-corrected chi connectivity index (χ3v) is 4.26. The Kier molecular flexibility index (Phi) is 3.90. The number of rotatable bonds is 4. The molecule has 3 N–H and O–H groups in total. The van der Waals surface area contributed by atoms with Gasteiger partial charge in [0.05, 0.1) is 6.04 Å². The molecular weight excluding hydrogens is 232 g/mol. The molecule has 18 heavy (non-hydrogen) atoms. The van der Waals surface area contributed by atoms with E-state index in [0.29, 0.717) is 11.8 Å². The molecule has 0 radical (unpaired) electrons. The van der Waals surface area contributed by atoms with Crippen LogP contribution in [0.15, 0.2) is 0 Å². The van der Waals surface area contributed by atoms with Crippen molar-refractivity contribution in [2.24, 2.45) is 17.8 Å². The van der Waals surface area contributed by atoms with Crippen molar-refractivity contribution in [3.05, 3.63) is 0 Å². The largest absolute Gasteiger partial charge is 0.480 e. The van der Waals surface area contributed by atoms with Crippen LogP contribution in [0.3, 0.4) is 0 Å². The topological polar surface area (TPSA) is 78.4 Å². The highest BCUT2D eigenvalue weighted by molar-refractivity contribution is 5.87. The number of carbonyl (C=O) groups excluding carboxylic acids is 1. The molecule has 3 unspecified atom stereocenters. The number of carboxylic acids is 1. The molecule has 102 valence electrons. The first-order chi connectivity index (χ1) is 8.50. The molecule has 1 saturated carbocycles. The molecule has 2 rings (SSSR count). The van der Waals surface area contributed by atoms with E-state index in [1.807, 2.05) is 0 Å². The van der Waals surface area contributed by atoms with E-state index in [2.05, 4.69) is 10.6 Å². The fraction of sp³-hybridized carbons (Fsp3) is 0.846. The van der Waals surface area contributed by atoms with Gasteiger partial charge in [-0.1, -0.05) is 20.3 Å². The standard InChI is InChI=1S/C13H22N2O3/c1-7(2)10(13(17)18)15-12(16)11-9-5-3-4-8(9)6-14-11/h7-11,14H,3-6H2,1-2H3,(H,15,16)(H,17,18)/t8?,9?,10-,11?/m1/s1. The van der Waals surface area contributed by atoms with E-state index in [0.717, 1.165) is 13.0 Å². The van der Waals surface area contributed by atoms with E-state index >= 15 is 0 Å². The summed E-state index contributed by atoms with van der Waals surface area (Å²) >= 11 is 0. The molecule has 2 fully saturated rings. The van der Waals surface area contributed by atoms with Gasteiger partial charge in [-0.05, 0) is 37.1 Å². The van der Waals surface area contributed by atoms with Crippen LogP contribution in [0.2, 0.25) is 0 Å². The van der Waals surface area contributed by atoms with Crippen LogP contribution >= 0.6 is 0 Å². The summed E-state index contributed by atoms with van der Waals surface area (Å²) in [5, 5.41) is 15.0. The number of hydrogen-bond donors (Lipinski definition) is 3. The Morgan fingerprint density at radius 1 is 1.33 bits per heavy atom. The Bertz CT molecular complexity index is 343. The highest BCUT2D eigenvalue weighted by Crippen LogP contribution is 2.37. The minimum absolute atomic E-state index is 0.104. The van der Waals surface area contributed by atoms with Crippen LogP contribution in [0.4, 0.5) is 0 Å². The van der Waals surface area contributed by atoms with Crippen molar-refractivity contribution >= 4 is 11.9 Å². The molecule has 5 nitrogen and oxygen atoms in total. The summed E-state index contributed by atoms with van der Waals surface area (Å²) in [4.78, 5) is 23.3. The average molecular weight is 254 g/mol. The van der Waals surface area contributed by atoms with E-state index < -0.39 is 12.0 Å². The number of hydrogen-bond acceptors (Lipinski definition) is 3. The van der Waals surface area contributed by atoms with Gasteiger partial charge in [-0.15, -0.1) is 0 Å².